The summed E-state index contributed by atoms with van der Waals surface area (Å²) in [5.74, 6) is -0.142. The van der Waals surface area contributed by atoms with Gasteiger partial charge in [-0.05, 0) is 37.6 Å². The van der Waals surface area contributed by atoms with Crippen molar-refractivity contribution in [2.75, 3.05) is 17.2 Å². The Morgan fingerprint density at radius 1 is 1.20 bits per heavy atom. The lowest BCUT2D eigenvalue weighted by Gasteiger charge is -2.22. The van der Waals surface area contributed by atoms with Crippen molar-refractivity contribution in [2.24, 2.45) is 0 Å². The van der Waals surface area contributed by atoms with Crippen LogP contribution in [0.3, 0.4) is 0 Å². The van der Waals surface area contributed by atoms with Crippen LogP contribution in [-0.4, -0.2) is 24.4 Å². The van der Waals surface area contributed by atoms with Crippen LogP contribution in [0, 0.1) is 0 Å². The maximum Gasteiger partial charge on any atom is 0.241 e. The van der Waals surface area contributed by atoms with Gasteiger partial charge in [0.25, 0.3) is 0 Å². The van der Waals surface area contributed by atoms with Crippen molar-refractivity contribution >= 4 is 35.6 Å². The summed E-state index contributed by atoms with van der Waals surface area (Å²) in [4.78, 5) is 23.0. The molecule has 0 radical (unpaired) electrons. The first kappa shape index (κ1) is 16.5. The molecule has 6 heteroatoms. The number of benzene rings is 1. The van der Waals surface area contributed by atoms with Crippen LogP contribution in [0.15, 0.2) is 24.3 Å². The molecule has 110 valence electrons. The quantitative estimate of drug-likeness (QED) is 0.800. The largest absolute Gasteiger partial charge is 0.326 e. The van der Waals surface area contributed by atoms with Crippen LogP contribution < -0.4 is 16.0 Å². The molecule has 1 aromatic rings. The van der Waals surface area contributed by atoms with Crippen LogP contribution in [0.5, 0.6) is 0 Å². The third-order valence-corrected chi connectivity index (χ3v) is 3.08. The molecule has 0 unspecified atom stereocenters. The van der Waals surface area contributed by atoms with E-state index in [1.165, 1.54) is 6.92 Å². The van der Waals surface area contributed by atoms with E-state index in [0.29, 0.717) is 11.4 Å². The summed E-state index contributed by atoms with van der Waals surface area (Å²) in [5, 5.41) is 8.77. The van der Waals surface area contributed by atoms with Crippen LogP contribution >= 0.6 is 12.4 Å². The van der Waals surface area contributed by atoms with Crippen molar-refractivity contribution in [3.05, 3.63) is 24.3 Å². The smallest absolute Gasteiger partial charge is 0.241 e. The number of rotatable bonds is 3. The van der Waals surface area contributed by atoms with E-state index in [0.717, 1.165) is 25.8 Å². The number of hydrogen-bond donors (Lipinski definition) is 3. The minimum absolute atomic E-state index is 0. The summed E-state index contributed by atoms with van der Waals surface area (Å²) in [6.07, 6.45) is 3.08. The predicted octanol–water partition coefficient (Wildman–Crippen LogP) is 2.15. The van der Waals surface area contributed by atoms with Gasteiger partial charge in [0.2, 0.25) is 11.8 Å². The first-order valence-electron chi connectivity index (χ1n) is 6.57. The number of nitrogens with one attached hydrogen (secondary N) is 3. The molecule has 20 heavy (non-hydrogen) atoms. The minimum atomic E-state index is -0.127. The topological polar surface area (TPSA) is 70.2 Å². The van der Waals surface area contributed by atoms with E-state index in [-0.39, 0.29) is 30.3 Å². The fourth-order valence-corrected chi connectivity index (χ4v) is 2.18. The van der Waals surface area contributed by atoms with Crippen LogP contribution in [0.1, 0.15) is 26.2 Å². The van der Waals surface area contributed by atoms with Crippen LogP contribution in [0.2, 0.25) is 0 Å². The predicted molar refractivity (Wildman–Crippen MR) is 82.3 cm³/mol. The molecule has 1 aliphatic rings. The molecule has 1 aromatic carbocycles. The van der Waals surface area contributed by atoms with E-state index >= 15 is 0 Å². The molecule has 1 atom stereocenters. The lowest BCUT2D eigenvalue weighted by atomic mass is 10.0. The maximum absolute atomic E-state index is 12.0. The van der Waals surface area contributed by atoms with Gasteiger partial charge in [-0.25, -0.2) is 0 Å². The van der Waals surface area contributed by atoms with Crippen LogP contribution in [-0.2, 0) is 9.59 Å². The lowest BCUT2D eigenvalue weighted by Crippen LogP contribution is -2.43. The molecule has 0 saturated carbocycles. The molecule has 0 bridgehead atoms. The summed E-state index contributed by atoms with van der Waals surface area (Å²) in [6, 6.07) is 7.04. The molecule has 1 heterocycles. The number of halogens is 1. The van der Waals surface area contributed by atoms with Crippen molar-refractivity contribution in [1.82, 2.24) is 5.32 Å². The molecule has 2 rings (SSSR count). The molecule has 3 N–H and O–H groups in total. The average Bonchev–Trinajstić information content (AvgIpc) is 2.39. The first-order valence-corrected chi connectivity index (χ1v) is 6.57. The van der Waals surface area contributed by atoms with E-state index < -0.39 is 0 Å². The second-order valence-corrected chi connectivity index (χ2v) is 4.75. The zero-order valence-electron chi connectivity index (χ0n) is 11.4. The van der Waals surface area contributed by atoms with Crippen molar-refractivity contribution in [3.63, 3.8) is 0 Å². The van der Waals surface area contributed by atoms with E-state index in [4.69, 9.17) is 0 Å². The van der Waals surface area contributed by atoms with Gasteiger partial charge in [-0.3, -0.25) is 9.59 Å². The Bertz CT molecular complexity index is 473. The Kier molecular flexibility index (Phi) is 6.48. The third kappa shape index (κ3) is 4.83. The first-order chi connectivity index (χ1) is 9.15. The second kappa shape index (κ2) is 7.87. The van der Waals surface area contributed by atoms with E-state index in [2.05, 4.69) is 16.0 Å². The van der Waals surface area contributed by atoms with E-state index in [1.807, 2.05) is 6.07 Å². The number of hydrogen-bond acceptors (Lipinski definition) is 3. The zero-order chi connectivity index (χ0) is 13.7. The van der Waals surface area contributed by atoms with Crippen molar-refractivity contribution in [3.8, 4) is 0 Å². The zero-order valence-corrected chi connectivity index (χ0v) is 12.3. The van der Waals surface area contributed by atoms with Gasteiger partial charge in [0.15, 0.2) is 0 Å². The highest BCUT2D eigenvalue weighted by molar-refractivity contribution is 5.96. The monoisotopic (exact) mass is 297 g/mol. The number of carbonyl (C=O) groups is 2. The number of carbonyl (C=O) groups excluding carboxylic acids is 2. The minimum Gasteiger partial charge on any atom is -0.326 e. The van der Waals surface area contributed by atoms with Gasteiger partial charge in [-0.15, -0.1) is 12.4 Å². The number of anilines is 2. The molecule has 1 aliphatic heterocycles. The Balaban J connectivity index is 0.00000200. The standard InChI is InChI=1S/C14H19N3O2.ClH/c1-10(18)16-11-5-4-6-12(9-11)17-14(19)13-7-2-3-8-15-13;/h4-6,9,13,15H,2-3,7-8H2,1H3,(H,16,18)(H,17,19);1H/t13-;/m1./s1. The molecule has 2 amide bonds. The Morgan fingerprint density at radius 2 is 1.90 bits per heavy atom. The molecule has 5 nitrogen and oxygen atoms in total. The fraction of sp³-hybridized carbons (Fsp3) is 0.429. The third-order valence-electron chi connectivity index (χ3n) is 3.08. The highest BCUT2D eigenvalue weighted by Gasteiger charge is 2.20. The molecule has 1 saturated heterocycles. The van der Waals surface area contributed by atoms with Gasteiger partial charge < -0.3 is 16.0 Å². The number of piperidine rings is 1. The normalized spacial score (nSPS) is 17.8. The highest BCUT2D eigenvalue weighted by Crippen LogP contribution is 2.16. The highest BCUT2D eigenvalue weighted by atomic mass is 35.5. The van der Waals surface area contributed by atoms with Gasteiger partial charge >= 0.3 is 0 Å². The summed E-state index contributed by atoms with van der Waals surface area (Å²) >= 11 is 0. The molecule has 0 spiro atoms. The molecule has 1 fully saturated rings. The summed E-state index contributed by atoms with van der Waals surface area (Å²) < 4.78 is 0. The summed E-state index contributed by atoms with van der Waals surface area (Å²) in [5.41, 5.74) is 1.38. The fourth-order valence-electron chi connectivity index (χ4n) is 2.18. The summed E-state index contributed by atoms with van der Waals surface area (Å²) in [6.45, 7) is 2.35. The lowest BCUT2D eigenvalue weighted by molar-refractivity contribution is -0.118. The second-order valence-electron chi connectivity index (χ2n) is 4.75. The van der Waals surface area contributed by atoms with Gasteiger partial charge in [0.05, 0.1) is 6.04 Å². The Hall–Kier alpha value is -1.59. The molecule has 0 aliphatic carbocycles. The molecular weight excluding hydrogens is 278 g/mol. The summed E-state index contributed by atoms with van der Waals surface area (Å²) in [7, 11) is 0. The Morgan fingerprint density at radius 3 is 2.50 bits per heavy atom. The van der Waals surface area contributed by atoms with Crippen molar-refractivity contribution < 1.29 is 9.59 Å². The van der Waals surface area contributed by atoms with Crippen molar-refractivity contribution in [1.29, 1.82) is 0 Å². The Labute approximate surface area is 124 Å². The van der Waals surface area contributed by atoms with Crippen LogP contribution in [0.25, 0.3) is 0 Å². The van der Waals surface area contributed by atoms with Crippen molar-refractivity contribution in [2.45, 2.75) is 32.2 Å². The average molecular weight is 298 g/mol. The van der Waals surface area contributed by atoms with E-state index in [1.54, 1.807) is 18.2 Å². The van der Waals surface area contributed by atoms with Gasteiger partial charge in [-0.2, -0.15) is 0 Å². The van der Waals surface area contributed by atoms with Gasteiger partial charge in [0, 0.05) is 18.3 Å². The SMILES string of the molecule is CC(=O)Nc1cccc(NC(=O)[C@H]2CCCCN2)c1.Cl. The van der Waals surface area contributed by atoms with Gasteiger partial charge in [0.1, 0.15) is 0 Å². The maximum atomic E-state index is 12.0. The number of amides is 2. The molecular formula is C14H20ClN3O2. The molecule has 0 aromatic heterocycles. The van der Waals surface area contributed by atoms with E-state index in [9.17, 15) is 9.59 Å². The van der Waals surface area contributed by atoms with Gasteiger partial charge in [-0.1, -0.05) is 12.5 Å². The van der Waals surface area contributed by atoms with Crippen LogP contribution in [0.4, 0.5) is 11.4 Å².